The maximum Gasteiger partial charge on any atom is 0.180 e. The van der Waals surface area contributed by atoms with Crippen LogP contribution in [0, 0.1) is 6.92 Å². The molecule has 0 amide bonds. The third kappa shape index (κ3) is 3.45. The van der Waals surface area contributed by atoms with Crippen LogP contribution in [-0.2, 0) is 0 Å². The van der Waals surface area contributed by atoms with Crippen molar-refractivity contribution >= 4 is 17.0 Å². The average Bonchev–Trinajstić information content (AvgIpc) is 2.51. The number of ether oxygens (including phenoxy) is 1. The summed E-state index contributed by atoms with van der Waals surface area (Å²) in [6.45, 7) is 3.29. The van der Waals surface area contributed by atoms with Crippen LogP contribution < -0.4 is 10.1 Å². The Hall–Kier alpha value is -2.69. The molecule has 5 nitrogen and oxygen atoms in total. The number of nitrogens with zero attached hydrogens (tertiary/aromatic N) is 3. The SMILES string of the molecule is Cc1cccc(OCCNc2ccc3nccnc3n2)c1. The quantitative estimate of drug-likeness (QED) is 0.728. The van der Waals surface area contributed by atoms with Crippen LogP contribution in [0.15, 0.2) is 48.8 Å². The summed E-state index contributed by atoms with van der Waals surface area (Å²) in [5, 5.41) is 3.22. The molecule has 2 aromatic heterocycles. The summed E-state index contributed by atoms with van der Waals surface area (Å²) in [4.78, 5) is 12.8. The van der Waals surface area contributed by atoms with Crippen molar-refractivity contribution in [3.8, 4) is 5.75 Å². The molecule has 2 heterocycles. The molecular formula is C16H16N4O. The molecule has 0 saturated carbocycles. The molecule has 106 valence electrons. The van der Waals surface area contributed by atoms with Crippen LogP contribution >= 0.6 is 0 Å². The van der Waals surface area contributed by atoms with Crippen LogP contribution in [0.1, 0.15) is 5.56 Å². The number of hydrogen-bond acceptors (Lipinski definition) is 5. The molecule has 0 spiro atoms. The molecule has 21 heavy (non-hydrogen) atoms. The topological polar surface area (TPSA) is 59.9 Å². The van der Waals surface area contributed by atoms with E-state index in [1.54, 1.807) is 12.4 Å². The van der Waals surface area contributed by atoms with Gasteiger partial charge >= 0.3 is 0 Å². The van der Waals surface area contributed by atoms with E-state index < -0.39 is 0 Å². The second-order valence-corrected chi connectivity index (χ2v) is 4.69. The number of hydrogen-bond donors (Lipinski definition) is 1. The van der Waals surface area contributed by atoms with Gasteiger partial charge in [-0.05, 0) is 36.8 Å². The van der Waals surface area contributed by atoms with Crippen molar-refractivity contribution in [2.24, 2.45) is 0 Å². The minimum Gasteiger partial charge on any atom is -0.492 e. The first-order chi connectivity index (χ1) is 10.3. The van der Waals surface area contributed by atoms with Crippen LogP contribution in [0.4, 0.5) is 5.82 Å². The minimum absolute atomic E-state index is 0.573. The number of nitrogens with one attached hydrogen (secondary N) is 1. The fourth-order valence-electron chi connectivity index (χ4n) is 2.01. The van der Waals surface area contributed by atoms with Crippen molar-refractivity contribution in [2.45, 2.75) is 6.92 Å². The predicted octanol–water partition coefficient (Wildman–Crippen LogP) is 2.82. The lowest BCUT2D eigenvalue weighted by molar-refractivity contribution is 0.332. The lowest BCUT2D eigenvalue weighted by Crippen LogP contribution is -2.12. The molecule has 0 aliphatic carbocycles. The van der Waals surface area contributed by atoms with E-state index in [0.717, 1.165) is 17.1 Å². The second kappa shape index (κ2) is 6.17. The van der Waals surface area contributed by atoms with Gasteiger partial charge in [-0.2, -0.15) is 0 Å². The fraction of sp³-hybridized carbons (Fsp3) is 0.188. The number of pyridine rings is 1. The van der Waals surface area contributed by atoms with Gasteiger partial charge in [-0.3, -0.25) is 4.98 Å². The monoisotopic (exact) mass is 280 g/mol. The number of rotatable bonds is 5. The van der Waals surface area contributed by atoms with Crippen molar-refractivity contribution in [1.29, 1.82) is 0 Å². The minimum atomic E-state index is 0.573. The highest BCUT2D eigenvalue weighted by Crippen LogP contribution is 2.12. The normalized spacial score (nSPS) is 10.5. The second-order valence-electron chi connectivity index (χ2n) is 4.69. The number of anilines is 1. The summed E-state index contributed by atoms with van der Waals surface area (Å²) in [6, 6.07) is 11.8. The maximum atomic E-state index is 5.68. The summed E-state index contributed by atoms with van der Waals surface area (Å²) in [5.41, 5.74) is 2.62. The summed E-state index contributed by atoms with van der Waals surface area (Å²) in [7, 11) is 0. The highest BCUT2D eigenvalue weighted by atomic mass is 16.5. The van der Waals surface area contributed by atoms with Crippen LogP contribution in [-0.4, -0.2) is 28.1 Å². The van der Waals surface area contributed by atoms with Gasteiger partial charge in [-0.15, -0.1) is 0 Å². The molecule has 5 heteroatoms. The van der Waals surface area contributed by atoms with E-state index in [2.05, 4.69) is 20.3 Å². The molecule has 0 bridgehead atoms. The molecule has 1 N–H and O–H groups in total. The van der Waals surface area contributed by atoms with E-state index in [1.807, 2.05) is 43.3 Å². The van der Waals surface area contributed by atoms with E-state index in [-0.39, 0.29) is 0 Å². The maximum absolute atomic E-state index is 5.68. The molecular weight excluding hydrogens is 264 g/mol. The van der Waals surface area contributed by atoms with Crippen molar-refractivity contribution < 1.29 is 4.74 Å². The zero-order chi connectivity index (χ0) is 14.5. The Bertz CT molecular complexity index is 745. The Balaban J connectivity index is 1.54. The van der Waals surface area contributed by atoms with Gasteiger partial charge in [0.2, 0.25) is 0 Å². The third-order valence-electron chi connectivity index (χ3n) is 3.00. The molecule has 0 unspecified atom stereocenters. The van der Waals surface area contributed by atoms with Crippen molar-refractivity contribution in [1.82, 2.24) is 15.0 Å². The van der Waals surface area contributed by atoms with E-state index in [9.17, 15) is 0 Å². The lowest BCUT2D eigenvalue weighted by atomic mass is 10.2. The standard InChI is InChI=1S/C16H16N4O/c1-12-3-2-4-13(11-12)21-10-9-18-15-6-5-14-16(20-15)19-8-7-17-14/h2-8,11H,9-10H2,1H3,(H,18,19,20). The van der Waals surface area contributed by atoms with Crippen LogP contribution in [0.25, 0.3) is 11.2 Å². The molecule has 0 fully saturated rings. The van der Waals surface area contributed by atoms with E-state index >= 15 is 0 Å². The Morgan fingerprint density at radius 3 is 2.90 bits per heavy atom. The van der Waals surface area contributed by atoms with Crippen molar-refractivity contribution in [2.75, 3.05) is 18.5 Å². The zero-order valence-corrected chi connectivity index (χ0v) is 11.8. The van der Waals surface area contributed by atoms with Crippen LogP contribution in [0.5, 0.6) is 5.75 Å². The molecule has 0 saturated heterocycles. The van der Waals surface area contributed by atoms with E-state index in [1.165, 1.54) is 5.56 Å². The molecule has 3 aromatic rings. The summed E-state index contributed by atoms with van der Waals surface area (Å²) in [6.07, 6.45) is 3.30. The van der Waals surface area contributed by atoms with Gasteiger partial charge in [0.15, 0.2) is 5.65 Å². The fourth-order valence-corrected chi connectivity index (χ4v) is 2.01. The predicted molar refractivity (Wildman–Crippen MR) is 82.5 cm³/mol. The lowest BCUT2D eigenvalue weighted by Gasteiger charge is -2.08. The first-order valence-corrected chi connectivity index (χ1v) is 6.82. The highest BCUT2D eigenvalue weighted by molar-refractivity contribution is 5.71. The Morgan fingerprint density at radius 2 is 2.00 bits per heavy atom. The molecule has 0 aliphatic rings. The van der Waals surface area contributed by atoms with Gasteiger partial charge in [-0.1, -0.05) is 12.1 Å². The largest absolute Gasteiger partial charge is 0.492 e. The van der Waals surface area contributed by atoms with Gasteiger partial charge in [-0.25, -0.2) is 9.97 Å². The van der Waals surface area contributed by atoms with Crippen molar-refractivity contribution in [3.05, 3.63) is 54.4 Å². The van der Waals surface area contributed by atoms with Crippen LogP contribution in [0.2, 0.25) is 0 Å². The summed E-state index contributed by atoms with van der Waals surface area (Å²) < 4.78 is 5.68. The highest BCUT2D eigenvalue weighted by Gasteiger charge is 1.99. The Kier molecular flexibility index (Phi) is 3.91. The molecule has 0 radical (unpaired) electrons. The number of aryl methyl sites for hydroxylation is 1. The average molecular weight is 280 g/mol. The number of fused-ring (bicyclic) bond motifs is 1. The third-order valence-corrected chi connectivity index (χ3v) is 3.00. The first kappa shape index (κ1) is 13.3. The summed E-state index contributed by atoms with van der Waals surface area (Å²) in [5.74, 6) is 1.66. The van der Waals surface area contributed by atoms with Crippen LogP contribution in [0.3, 0.4) is 0 Å². The van der Waals surface area contributed by atoms with E-state index in [0.29, 0.717) is 18.8 Å². The first-order valence-electron chi connectivity index (χ1n) is 6.82. The summed E-state index contributed by atoms with van der Waals surface area (Å²) >= 11 is 0. The Morgan fingerprint density at radius 1 is 1.10 bits per heavy atom. The molecule has 0 atom stereocenters. The molecule has 1 aromatic carbocycles. The molecule has 0 aliphatic heterocycles. The smallest absolute Gasteiger partial charge is 0.180 e. The van der Waals surface area contributed by atoms with Gasteiger partial charge in [0, 0.05) is 12.4 Å². The van der Waals surface area contributed by atoms with Gasteiger partial charge in [0.25, 0.3) is 0 Å². The zero-order valence-electron chi connectivity index (χ0n) is 11.8. The van der Waals surface area contributed by atoms with Gasteiger partial charge in [0.1, 0.15) is 23.7 Å². The van der Waals surface area contributed by atoms with E-state index in [4.69, 9.17) is 4.74 Å². The Labute approximate surface area is 123 Å². The molecule has 3 rings (SSSR count). The van der Waals surface area contributed by atoms with Gasteiger partial charge < -0.3 is 10.1 Å². The number of aromatic nitrogens is 3. The van der Waals surface area contributed by atoms with Crippen molar-refractivity contribution in [3.63, 3.8) is 0 Å². The van der Waals surface area contributed by atoms with Gasteiger partial charge in [0.05, 0.1) is 6.54 Å². The number of benzene rings is 1.